The number of nitrogen functional groups attached to an aromatic ring is 1. The second-order valence-corrected chi connectivity index (χ2v) is 5.66. The van der Waals surface area contributed by atoms with Crippen LogP contribution in [0.15, 0.2) is 22.7 Å². The molecule has 5 nitrogen and oxygen atoms in total. The van der Waals surface area contributed by atoms with Crippen molar-refractivity contribution in [2.75, 3.05) is 25.4 Å². The molecule has 2 N–H and O–H groups in total. The number of halogens is 1. The van der Waals surface area contributed by atoms with Crippen LogP contribution in [0.5, 0.6) is 0 Å². The molecule has 1 saturated heterocycles. The molecule has 108 valence electrons. The fourth-order valence-corrected chi connectivity index (χ4v) is 2.51. The zero-order valence-electron chi connectivity index (χ0n) is 11.1. The first-order chi connectivity index (χ1) is 9.58. The third-order valence-electron chi connectivity index (χ3n) is 3.27. The molecule has 20 heavy (non-hydrogen) atoms. The molecule has 2 rings (SSSR count). The summed E-state index contributed by atoms with van der Waals surface area (Å²) < 4.78 is 5.78. The van der Waals surface area contributed by atoms with Gasteiger partial charge in [-0.15, -0.1) is 0 Å². The van der Waals surface area contributed by atoms with Gasteiger partial charge in [0, 0.05) is 23.2 Å². The molecule has 6 heteroatoms. The number of rotatable bonds is 3. The molecule has 0 unspecified atom stereocenters. The molecular formula is C14H17BrN2O3. The molecule has 1 heterocycles. The van der Waals surface area contributed by atoms with Crippen molar-refractivity contribution < 1.29 is 14.3 Å². The highest BCUT2D eigenvalue weighted by molar-refractivity contribution is 9.10. The van der Waals surface area contributed by atoms with Gasteiger partial charge in [0.2, 0.25) is 0 Å². The Morgan fingerprint density at radius 3 is 2.65 bits per heavy atom. The average Bonchev–Trinajstić information content (AvgIpc) is 2.47. The number of ether oxygens (including phenoxy) is 1. The molecule has 0 radical (unpaired) electrons. The Kier molecular flexibility index (Phi) is 5.00. The normalized spacial score (nSPS) is 14.9. The van der Waals surface area contributed by atoms with Crippen molar-refractivity contribution in [3.63, 3.8) is 0 Å². The lowest BCUT2D eigenvalue weighted by Gasteiger charge is -2.26. The first-order valence-electron chi connectivity index (χ1n) is 6.58. The fraction of sp³-hybridized carbons (Fsp3) is 0.429. The maximum Gasteiger partial charge on any atom is 0.340 e. The summed E-state index contributed by atoms with van der Waals surface area (Å²) in [5.41, 5.74) is 6.33. The Bertz CT molecular complexity index is 513. The Morgan fingerprint density at radius 2 is 1.95 bits per heavy atom. The van der Waals surface area contributed by atoms with Gasteiger partial charge in [-0.3, -0.25) is 4.79 Å². The second-order valence-electron chi connectivity index (χ2n) is 4.75. The highest BCUT2D eigenvalue weighted by atomic mass is 79.9. The van der Waals surface area contributed by atoms with Gasteiger partial charge < -0.3 is 15.4 Å². The first kappa shape index (κ1) is 14.8. The summed E-state index contributed by atoms with van der Waals surface area (Å²) in [6.07, 6.45) is 3.18. The Labute approximate surface area is 126 Å². The van der Waals surface area contributed by atoms with E-state index in [4.69, 9.17) is 10.5 Å². The molecule has 1 amide bonds. The Balaban J connectivity index is 1.91. The molecule has 1 aliphatic rings. The molecule has 1 fully saturated rings. The maximum absolute atomic E-state index is 11.9. The quantitative estimate of drug-likeness (QED) is 0.676. The van der Waals surface area contributed by atoms with Crippen LogP contribution in [-0.2, 0) is 9.53 Å². The number of esters is 1. The van der Waals surface area contributed by atoms with E-state index in [0.717, 1.165) is 36.8 Å². The van der Waals surface area contributed by atoms with E-state index in [1.165, 1.54) is 0 Å². The van der Waals surface area contributed by atoms with Crippen molar-refractivity contribution in [3.05, 3.63) is 28.2 Å². The van der Waals surface area contributed by atoms with E-state index >= 15 is 0 Å². The predicted octanol–water partition coefficient (Wildman–Crippen LogP) is 2.20. The SMILES string of the molecule is Nc1ccc(Br)cc1C(=O)OCC(=O)N1CCCCC1. The lowest BCUT2D eigenvalue weighted by Crippen LogP contribution is -2.38. The summed E-state index contributed by atoms with van der Waals surface area (Å²) in [7, 11) is 0. The zero-order chi connectivity index (χ0) is 14.5. The molecule has 1 aliphatic heterocycles. The van der Waals surface area contributed by atoms with E-state index in [0.29, 0.717) is 5.69 Å². The minimum absolute atomic E-state index is 0.147. The van der Waals surface area contributed by atoms with E-state index in [1.54, 1.807) is 23.1 Å². The lowest BCUT2D eigenvalue weighted by atomic mass is 10.1. The summed E-state index contributed by atoms with van der Waals surface area (Å²) in [5, 5.41) is 0. The number of amides is 1. The van der Waals surface area contributed by atoms with Crippen molar-refractivity contribution in [3.8, 4) is 0 Å². The van der Waals surface area contributed by atoms with E-state index in [2.05, 4.69) is 15.9 Å². The number of likely N-dealkylation sites (tertiary alicyclic amines) is 1. The van der Waals surface area contributed by atoms with Crippen molar-refractivity contribution in [2.24, 2.45) is 0 Å². The summed E-state index contributed by atoms with van der Waals surface area (Å²) >= 11 is 3.27. The fourth-order valence-electron chi connectivity index (χ4n) is 2.14. The lowest BCUT2D eigenvalue weighted by molar-refractivity contribution is -0.135. The van der Waals surface area contributed by atoms with Crippen LogP contribution in [0, 0.1) is 0 Å². The van der Waals surface area contributed by atoms with Crippen LogP contribution in [0.2, 0.25) is 0 Å². The monoisotopic (exact) mass is 340 g/mol. The van der Waals surface area contributed by atoms with Gasteiger partial charge in [0.15, 0.2) is 6.61 Å². The average molecular weight is 341 g/mol. The van der Waals surface area contributed by atoms with Gasteiger partial charge in [-0.25, -0.2) is 4.79 Å². The summed E-state index contributed by atoms with van der Waals surface area (Å²) in [5.74, 6) is -0.722. The largest absolute Gasteiger partial charge is 0.452 e. The highest BCUT2D eigenvalue weighted by Crippen LogP contribution is 2.19. The van der Waals surface area contributed by atoms with Crippen LogP contribution < -0.4 is 5.73 Å². The van der Waals surface area contributed by atoms with Gasteiger partial charge in [-0.05, 0) is 37.5 Å². The van der Waals surface area contributed by atoms with Crippen LogP contribution >= 0.6 is 15.9 Å². The topological polar surface area (TPSA) is 72.6 Å². The van der Waals surface area contributed by atoms with E-state index in [9.17, 15) is 9.59 Å². The standard InChI is InChI=1S/C14H17BrN2O3/c15-10-4-5-12(16)11(8-10)14(19)20-9-13(18)17-6-2-1-3-7-17/h4-5,8H,1-3,6-7,9,16H2. The molecule has 0 aromatic heterocycles. The number of anilines is 1. The van der Waals surface area contributed by atoms with E-state index < -0.39 is 5.97 Å². The molecule has 1 aromatic carbocycles. The number of hydrogen-bond donors (Lipinski definition) is 1. The Hall–Kier alpha value is -1.56. The predicted molar refractivity (Wildman–Crippen MR) is 79.3 cm³/mol. The third-order valence-corrected chi connectivity index (χ3v) is 3.76. The van der Waals surface area contributed by atoms with Crippen LogP contribution in [0.1, 0.15) is 29.6 Å². The van der Waals surface area contributed by atoms with Gasteiger partial charge in [-0.1, -0.05) is 15.9 Å². The highest BCUT2D eigenvalue weighted by Gasteiger charge is 2.19. The number of nitrogens with two attached hydrogens (primary N) is 1. The summed E-state index contributed by atoms with van der Waals surface area (Å²) in [6.45, 7) is 1.26. The minimum atomic E-state index is -0.575. The summed E-state index contributed by atoms with van der Waals surface area (Å²) in [6, 6.07) is 4.95. The van der Waals surface area contributed by atoms with Gasteiger partial charge in [0.1, 0.15) is 0 Å². The van der Waals surface area contributed by atoms with Gasteiger partial charge >= 0.3 is 5.97 Å². The number of carbonyl (C=O) groups excluding carboxylic acids is 2. The Morgan fingerprint density at radius 1 is 1.25 bits per heavy atom. The van der Waals surface area contributed by atoms with E-state index in [-0.39, 0.29) is 18.1 Å². The number of piperidine rings is 1. The van der Waals surface area contributed by atoms with Gasteiger partial charge in [0.25, 0.3) is 5.91 Å². The van der Waals surface area contributed by atoms with Crippen LogP contribution in [0.25, 0.3) is 0 Å². The van der Waals surface area contributed by atoms with Gasteiger partial charge in [-0.2, -0.15) is 0 Å². The smallest absolute Gasteiger partial charge is 0.340 e. The molecule has 0 saturated carbocycles. The molecule has 0 spiro atoms. The van der Waals surface area contributed by atoms with E-state index in [1.807, 2.05) is 0 Å². The molecular weight excluding hydrogens is 324 g/mol. The second kappa shape index (κ2) is 6.74. The van der Waals surface area contributed by atoms with Gasteiger partial charge in [0.05, 0.1) is 5.56 Å². The number of benzene rings is 1. The first-order valence-corrected chi connectivity index (χ1v) is 7.37. The van der Waals surface area contributed by atoms with Crippen molar-refractivity contribution >= 4 is 33.5 Å². The molecule has 1 aromatic rings. The van der Waals surface area contributed by atoms with Crippen LogP contribution in [0.4, 0.5) is 5.69 Å². The van der Waals surface area contributed by atoms with Crippen LogP contribution in [0.3, 0.4) is 0 Å². The molecule has 0 atom stereocenters. The van der Waals surface area contributed by atoms with Crippen molar-refractivity contribution in [1.29, 1.82) is 0 Å². The van der Waals surface area contributed by atoms with Crippen molar-refractivity contribution in [1.82, 2.24) is 4.90 Å². The number of nitrogens with zero attached hydrogens (tertiary/aromatic N) is 1. The maximum atomic E-state index is 11.9. The zero-order valence-corrected chi connectivity index (χ0v) is 12.7. The molecule has 0 aliphatic carbocycles. The number of hydrogen-bond acceptors (Lipinski definition) is 4. The number of carbonyl (C=O) groups is 2. The van der Waals surface area contributed by atoms with Crippen LogP contribution in [-0.4, -0.2) is 36.5 Å². The third kappa shape index (κ3) is 3.72. The molecule has 0 bridgehead atoms. The minimum Gasteiger partial charge on any atom is -0.452 e. The summed E-state index contributed by atoms with van der Waals surface area (Å²) in [4.78, 5) is 25.5. The van der Waals surface area contributed by atoms with Crippen molar-refractivity contribution in [2.45, 2.75) is 19.3 Å².